The van der Waals surface area contributed by atoms with Crippen LogP contribution >= 0.6 is 27.3 Å². The summed E-state index contributed by atoms with van der Waals surface area (Å²) in [5.41, 5.74) is 6.42. The summed E-state index contributed by atoms with van der Waals surface area (Å²) in [6, 6.07) is 3.89. The van der Waals surface area contributed by atoms with Gasteiger partial charge in [-0.25, -0.2) is 9.18 Å². The third-order valence-electron chi connectivity index (χ3n) is 4.16. The molecule has 3 N–H and O–H groups in total. The molecule has 1 aromatic carbocycles. The van der Waals surface area contributed by atoms with Crippen LogP contribution in [0.5, 0.6) is 0 Å². The fourth-order valence-electron chi connectivity index (χ4n) is 2.94. The Hall–Kier alpha value is -2.26. The predicted molar refractivity (Wildman–Crippen MR) is 102 cm³/mol. The number of aryl methyl sites for hydroxylation is 1. The molecule has 27 heavy (non-hydrogen) atoms. The number of ether oxygens (including phenoxy) is 1. The summed E-state index contributed by atoms with van der Waals surface area (Å²) in [7, 11) is 0. The van der Waals surface area contributed by atoms with E-state index < -0.39 is 30.2 Å². The highest BCUT2D eigenvalue weighted by atomic mass is 79.9. The van der Waals surface area contributed by atoms with E-state index in [1.807, 2.05) is 0 Å². The van der Waals surface area contributed by atoms with E-state index in [1.54, 1.807) is 0 Å². The maximum absolute atomic E-state index is 13.8. The summed E-state index contributed by atoms with van der Waals surface area (Å²) in [4.78, 5) is 36.9. The number of rotatable bonds is 5. The molecule has 0 atom stereocenters. The molecule has 142 valence electrons. The number of carbonyl (C=O) groups is 3. The topological polar surface area (TPSA) is 98.5 Å². The lowest BCUT2D eigenvalue weighted by atomic mass is 9.95. The average Bonchev–Trinajstić information content (AvgIpc) is 2.97. The molecular weight excluding hydrogens is 439 g/mol. The van der Waals surface area contributed by atoms with Crippen molar-refractivity contribution in [3.63, 3.8) is 0 Å². The molecule has 0 saturated heterocycles. The van der Waals surface area contributed by atoms with Crippen LogP contribution in [0.15, 0.2) is 22.7 Å². The molecule has 2 aromatic rings. The summed E-state index contributed by atoms with van der Waals surface area (Å²) in [5.74, 6) is -2.92. The summed E-state index contributed by atoms with van der Waals surface area (Å²) in [6.07, 6.45) is 3.58. The Morgan fingerprint density at radius 1 is 1.26 bits per heavy atom. The van der Waals surface area contributed by atoms with E-state index in [1.165, 1.54) is 23.5 Å². The van der Waals surface area contributed by atoms with Crippen LogP contribution in [0.25, 0.3) is 0 Å². The lowest BCUT2D eigenvalue weighted by Gasteiger charge is -2.11. The van der Waals surface area contributed by atoms with Crippen molar-refractivity contribution in [2.45, 2.75) is 25.7 Å². The van der Waals surface area contributed by atoms with Crippen molar-refractivity contribution < 1.29 is 23.5 Å². The highest BCUT2D eigenvalue weighted by molar-refractivity contribution is 9.10. The van der Waals surface area contributed by atoms with Crippen molar-refractivity contribution >= 4 is 50.1 Å². The van der Waals surface area contributed by atoms with E-state index >= 15 is 0 Å². The molecule has 1 aliphatic rings. The smallest absolute Gasteiger partial charge is 0.341 e. The SMILES string of the molecule is NC(=O)c1c(NC(=O)COC(=O)c2ccc(Br)cc2F)sc2c1CCCC2. The molecule has 2 amide bonds. The van der Waals surface area contributed by atoms with Crippen LogP contribution in [0.4, 0.5) is 9.39 Å². The largest absolute Gasteiger partial charge is 0.452 e. The van der Waals surface area contributed by atoms with Crippen molar-refractivity contribution in [2.24, 2.45) is 5.73 Å². The zero-order valence-corrected chi connectivity index (χ0v) is 16.5. The lowest BCUT2D eigenvalue weighted by molar-refractivity contribution is -0.119. The van der Waals surface area contributed by atoms with E-state index in [0.717, 1.165) is 42.2 Å². The van der Waals surface area contributed by atoms with Gasteiger partial charge in [0.05, 0.1) is 11.1 Å². The zero-order valence-electron chi connectivity index (χ0n) is 14.1. The van der Waals surface area contributed by atoms with Gasteiger partial charge in [0.2, 0.25) is 0 Å². The molecule has 0 saturated carbocycles. The first-order chi connectivity index (χ1) is 12.9. The maximum Gasteiger partial charge on any atom is 0.341 e. The number of hydrogen-bond acceptors (Lipinski definition) is 5. The van der Waals surface area contributed by atoms with Crippen LogP contribution in [-0.4, -0.2) is 24.4 Å². The van der Waals surface area contributed by atoms with Crippen molar-refractivity contribution in [1.82, 2.24) is 0 Å². The first-order valence-electron chi connectivity index (χ1n) is 8.23. The number of nitrogens with two attached hydrogens (primary N) is 1. The molecule has 6 nitrogen and oxygen atoms in total. The van der Waals surface area contributed by atoms with Crippen molar-refractivity contribution in [3.8, 4) is 0 Å². The molecule has 0 unspecified atom stereocenters. The zero-order chi connectivity index (χ0) is 19.6. The minimum Gasteiger partial charge on any atom is -0.452 e. The van der Waals surface area contributed by atoms with Gasteiger partial charge in [0, 0.05) is 9.35 Å². The Balaban J connectivity index is 1.67. The monoisotopic (exact) mass is 454 g/mol. The molecule has 0 fully saturated rings. The number of nitrogens with one attached hydrogen (secondary N) is 1. The van der Waals surface area contributed by atoms with E-state index in [-0.39, 0.29) is 5.56 Å². The Labute approximate surface area is 167 Å². The minimum absolute atomic E-state index is 0.268. The fraction of sp³-hybridized carbons (Fsp3) is 0.278. The number of carbonyl (C=O) groups excluding carboxylic acids is 3. The van der Waals surface area contributed by atoms with Crippen LogP contribution in [0.1, 0.15) is 44.0 Å². The summed E-state index contributed by atoms with van der Waals surface area (Å²) in [6.45, 7) is -0.602. The third-order valence-corrected chi connectivity index (χ3v) is 5.86. The molecule has 0 radical (unpaired) electrons. The molecule has 1 aliphatic carbocycles. The number of esters is 1. The van der Waals surface area contributed by atoms with Gasteiger partial charge in [-0.15, -0.1) is 11.3 Å². The summed E-state index contributed by atoms with van der Waals surface area (Å²) < 4.78 is 19.1. The predicted octanol–water partition coefficient (Wildman–Crippen LogP) is 3.42. The minimum atomic E-state index is -0.948. The van der Waals surface area contributed by atoms with Gasteiger partial charge >= 0.3 is 5.97 Å². The number of hydrogen-bond donors (Lipinski definition) is 2. The van der Waals surface area contributed by atoms with Crippen molar-refractivity contribution in [3.05, 3.63) is 50.1 Å². The Kier molecular flexibility index (Phi) is 5.91. The number of primary amides is 1. The third kappa shape index (κ3) is 4.36. The molecule has 0 spiro atoms. The van der Waals surface area contributed by atoms with Crippen LogP contribution in [0.2, 0.25) is 0 Å². The number of anilines is 1. The van der Waals surface area contributed by atoms with Crippen LogP contribution < -0.4 is 11.1 Å². The standard InChI is InChI=1S/C18H16BrFN2O4S/c19-9-5-6-10(12(20)7-9)18(25)26-8-14(23)22-17-15(16(21)24)11-3-1-2-4-13(11)27-17/h5-7H,1-4,8H2,(H2,21,24)(H,22,23). The van der Waals surface area contributed by atoms with E-state index in [0.29, 0.717) is 15.0 Å². The number of fused-ring (bicyclic) bond motifs is 1. The molecule has 1 aromatic heterocycles. The van der Waals surface area contributed by atoms with Gasteiger partial charge in [0.1, 0.15) is 10.8 Å². The van der Waals surface area contributed by atoms with Gasteiger partial charge in [-0.05, 0) is 49.4 Å². The normalized spacial score (nSPS) is 13.0. The molecule has 9 heteroatoms. The van der Waals surface area contributed by atoms with Gasteiger partial charge in [-0.2, -0.15) is 0 Å². The van der Waals surface area contributed by atoms with Crippen molar-refractivity contribution in [1.29, 1.82) is 0 Å². The molecule has 1 heterocycles. The second kappa shape index (κ2) is 8.18. The molecule has 0 aliphatic heterocycles. The Bertz CT molecular complexity index is 928. The second-order valence-electron chi connectivity index (χ2n) is 6.03. The van der Waals surface area contributed by atoms with Gasteiger partial charge in [-0.1, -0.05) is 15.9 Å². The molecule has 3 rings (SSSR count). The summed E-state index contributed by atoms with van der Waals surface area (Å²) >= 11 is 4.41. The number of amides is 2. The van der Waals surface area contributed by atoms with E-state index in [9.17, 15) is 18.8 Å². The van der Waals surface area contributed by atoms with Gasteiger partial charge in [-0.3, -0.25) is 9.59 Å². The summed E-state index contributed by atoms with van der Waals surface area (Å²) in [5, 5.41) is 2.95. The van der Waals surface area contributed by atoms with Crippen LogP contribution in [0.3, 0.4) is 0 Å². The molecular formula is C18H16BrFN2O4S. The number of halogens is 2. The first kappa shape index (κ1) is 19.5. The second-order valence-corrected chi connectivity index (χ2v) is 8.05. The average molecular weight is 455 g/mol. The lowest BCUT2D eigenvalue weighted by Crippen LogP contribution is -2.23. The van der Waals surface area contributed by atoms with Crippen LogP contribution in [0, 0.1) is 5.82 Å². The Morgan fingerprint density at radius 2 is 2.00 bits per heavy atom. The van der Waals surface area contributed by atoms with Gasteiger partial charge < -0.3 is 15.8 Å². The number of thiophene rings is 1. The quantitative estimate of drug-likeness (QED) is 0.675. The maximum atomic E-state index is 13.8. The molecule has 0 bridgehead atoms. The van der Waals surface area contributed by atoms with Gasteiger partial charge in [0.25, 0.3) is 11.8 Å². The van der Waals surface area contributed by atoms with Crippen LogP contribution in [-0.2, 0) is 22.4 Å². The van der Waals surface area contributed by atoms with E-state index in [2.05, 4.69) is 21.2 Å². The van der Waals surface area contributed by atoms with E-state index in [4.69, 9.17) is 10.5 Å². The Morgan fingerprint density at radius 3 is 2.70 bits per heavy atom. The number of benzene rings is 1. The highest BCUT2D eigenvalue weighted by Gasteiger charge is 2.25. The highest BCUT2D eigenvalue weighted by Crippen LogP contribution is 2.37. The first-order valence-corrected chi connectivity index (χ1v) is 9.84. The van der Waals surface area contributed by atoms with Crippen molar-refractivity contribution in [2.75, 3.05) is 11.9 Å². The van der Waals surface area contributed by atoms with Gasteiger partial charge in [0.15, 0.2) is 6.61 Å². The fourth-order valence-corrected chi connectivity index (χ4v) is 4.59.